The molecule has 6 heteroatoms. The summed E-state index contributed by atoms with van der Waals surface area (Å²) in [6.07, 6.45) is 1.66. The first-order chi connectivity index (χ1) is 12.6. The lowest BCUT2D eigenvalue weighted by Gasteiger charge is -2.05. The van der Waals surface area contributed by atoms with Crippen molar-refractivity contribution in [2.75, 3.05) is 20.3 Å². The van der Waals surface area contributed by atoms with Crippen LogP contribution in [0.5, 0.6) is 17.2 Å². The van der Waals surface area contributed by atoms with Gasteiger partial charge in [0.1, 0.15) is 23.9 Å². The van der Waals surface area contributed by atoms with Gasteiger partial charge in [-0.1, -0.05) is 12.1 Å². The fourth-order valence-corrected chi connectivity index (χ4v) is 2.49. The number of esters is 1. The van der Waals surface area contributed by atoms with E-state index in [1.165, 1.54) is 13.2 Å². The molecule has 3 rings (SSSR count). The van der Waals surface area contributed by atoms with Gasteiger partial charge < -0.3 is 18.9 Å². The molecule has 0 fully saturated rings. The van der Waals surface area contributed by atoms with Gasteiger partial charge >= 0.3 is 5.97 Å². The first-order valence-corrected chi connectivity index (χ1v) is 8.11. The lowest BCUT2D eigenvalue weighted by molar-refractivity contribution is -0.138. The Bertz CT molecular complexity index is 851. The van der Waals surface area contributed by atoms with Crippen molar-refractivity contribution in [1.82, 2.24) is 0 Å². The van der Waals surface area contributed by atoms with Gasteiger partial charge in [0.2, 0.25) is 5.78 Å². The third kappa shape index (κ3) is 3.92. The number of rotatable bonds is 6. The van der Waals surface area contributed by atoms with Gasteiger partial charge in [-0.3, -0.25) is 4.79 Å². The maximum Gasteiger partial charge on any atom is 0.337 e. The molecular weight excluding hydrogens is 336 g/mol. The number of carbonyl (C=O) groups is 2. The van der Waals surface area contributed by atoms with Crippen LogP contribution < -0.4 is 14.2 Å². The lowest BCUT2D eigenvalue weighted by atomic mass is 10.1. The molecule has 0 saturated heterocycles. The number of fused-ring (bicyclic) bond motifs is 1. The standard InChI is InChI=1S/C20H18O6/c1-3-24-14-6-4-13(5-7-14)10-18-20(22)16-9-8-15(11-17(16)26-18)25-19(21)12-23-2/h4-11H,3,12H2,1-2H3/b18-10-. The third-order valence-corrected chi connectivity index (χ3v) is 3.62. The van der Waals surface area contributed by atoms with Crippen LogP contribution in [0.15, 0.2) is 48.2 Å². The van der Waals surface area contributed by atoms with Crippen LogP contribution in [0.2, 0.25) is 0 Å². The molecule has 2 aromatic rings. The van der Waals surface area contributed by atoms with Gasteiger partial charge in [0.05, 0.1) is 12.2 Å². The second-order valence-electron chi connectivity index (χ2n) is 5.51. The van der Waals surface area contributed by atoms with Crippen LogP contribution >= 0.6 is 0 Å². The average Bonchev–Trinajstić information content (AvgIpc) is 2.92. The van der Waals surface area contributed by atoms with E-state index in [0.29, 0.717) is 23.7 Å². The fraction of sp³-hybridized carbons (Fsp3) is 0.200. The summed E-state index contributed by atoms with van der Waals surface area (Å²) in [5.41, 5.74) is 1.24. The molecule has 0 saturated carbocycles. The summed E-state index contributed by atoms with van der Waals surface area (Å²) >= 11 is 0. The van der Waals surface area contributed by atoms with Crippen LogP contribution in [-0.2, 0) is 9.53 Å². The van der Waals surface area contributed by atoms with Crippen LogP contribution in [0.1, 0.15) is 22.8 Å². The highest BCUT2D eigenvalue weighted by Gasteiger charge is 2.28. The molecule has 0 bridgehead atoms. The quantitative estimate of drug-likeness (QED) is 0.450. The summed E-state index contributed by atoms with van der Waals surface area (Å²) in [5.74, 6) is 0.880. The molecule has 0 N–H and O–H groups in total. The van der Waals surface area contributed by atoms with Crippen molar-refractivity contribution < 1.29 is 28.5 Å². The maximum absolute atomic E-state index is 12.5. The molecule has 1 aliphatic rings. The largest absolute Gasteiger partial charge is 0.494 e. The molecule has 0 aromatic heterocycles. The van der Waals surface area contributed by atoms with E-state index in [9.17, 15) is 9.59 Å². The van der Waals surface area contributed by atoms with E-state index in [-0.39, 0.29) is 18.1 Å². The molecule has 1 heterocycles. The molecule has 26 heavy (non-hydrogen) atoms. The Morgan fingerprint density at radius 1 is 1.12 bits per heavy atom. The predicted molar refractivity (Wildman–Crippen MR) is 94.5 cm³/mol. The van der Waals surface area contributed by atoms with Gasteiger partial charge in [-0.05, 0) is 42.8 Å². The monoisotopic (exact) mass is 354 g/mol. The molecule has 0 unspecified atom stereocenters. The summed E-state index contributed by atoms with van der Waals surface area (Å²) in [4.78, 5) is 23.9. The number of allylic oxidation sites excluding steroid dienone is 1. The Morgan fingerprint density at radius 2 is 1.85 bits per heavy atom. The number of ether oxygens (including phenoxy) is 4. The summed E-state index contributed by atoms with van der Waals surface area (Å²) in [5, 5.41) is 0. The first-order valence-electron chi connectivity index (χ1n) is 8.11. The molecule has 0 spiro atoms. The van der Waals surface area contributed by atoms with E-state index in [4.69, 9.17) is 18.9 Å². The predicted octanol–water partition coefficient (Wildman–Crippen LogP) is 3.25. The minimum atomic E-state index is -0.526. The Kier molecular flexibility index (Phi) is 5.34. The van der Waals surface area contributed by atoms with Crippen molar-refractivity contribution in [2.24, 2.45) is 0 Å². The summed E-state index contributed by atoms with van der Waals surface area (Å²) in [6.45, 7) is 2.35. The number of carbonyl (C=O) groups excluding carboxylic acids is 2. The molecule has 6 nitrogen and oxygen atoms in total. The van der Waals surface area contributed by atoms with Gasteiger partial charge in [-0.15, -0.1) is 0 Å². The zero-order chi connectivity index (χ0) is 18.5. The fourth-order valence-electron chi connectivity index (χ4n) is 2.49. The highest BCUT2D eigenvalue weighted by Crippen LogP contribution is 2.35. The van der Waals surface area contributed by atoms with Crippen molar-refractivity contribution >= 4 is 17.8 Å². The topological polar surface area (TPSA) is 71.1 Å². The Hall–Kier alpha value is -3.12. The molecule has 1 aliphatic heterocycles. The van der Waals surface area contributed by atoms with Crippen molar-refractivity contribution in [3.63, 3.8) is 0 Å². The van der Waals surface area contributed by atoms with Crippen molar-refractivity contribution in [3.8, 4) is 17.2 Å². The van der Waals surface area contributed by atoms with Gasteiger partial charge in [-0.25, -0.2) is 4.79 Å². The highest BCUT2D eigenvalue weighted by molar-refractivity contribution is 6.14. The summed E-state index contributed by atoms with van der Waals surface area (Å²) < 4.78 is 20.9. The lowest BCUT2D eigenvalue weighted by Crippen LogP contribution is -2.14. The van der Waals surface area contributed by atoms with Gasteiger partial charge in [0.15, 0.2) is 5.76 Å². The molecule has 0 amide bonds. The number of hydrogen-bond donors (Lipinski definition) is 0. The third-order valence-electron chi connectivity index (χ3n) is 3.62. The van der Waals surface area contributed by atoms with E-state index in [2.05, 4.69) is 0 Å². The number of ketones is 1. The first kappa shape index (κ1) is 17.7. The SMILES string of the molecule is CCOc1ccc(/C=C2\Oc3cc(OC(=O)COC)ccc3C2=O)cc1. The van der Waals surface area contributed by atoms with Crippen molar-refractivity contribution in [2.45, 2.75) is 6.92 Å². The number of benzene rings is 2. The molecule has 134 valence electrons. The zero-order valence-corrected chi connectivity index (χ0v) is 14.5. The summed E-state index contributed by atoms with van der Waals surface area (Å²) in [6, 6.07) is 12.0. The van der Waals surface area contributed by atoms with E-state index in [0.717, 1.165) is 11.3 Å². The number of Topliss-reactive ketones (excluding diaryl/α,β-unsaturated/α-hetero) is 1. The Balaban J connectivity index is 1.77. The average molecular weight is 354 g/mol. The number of methoxy groups -OCH3 is 1. The smallest absolute Gasteiger partial charge is 0.337 e. The maximum atomic E-state index is 12.5. The molecule has 0 atom stereocenters. The van der Waals surface area contributed by atoms with Crippen LogP contribution in [0.4, 0.5) is 0 Å². The second kappa shape index (κ2) is 7.84. The second-order valence-corrected chi connectivity index (χ2v) is 5.51. The van der Waals surface area contributed by atoms with Crippen LogP contribution in [0.25, 0.3) is 6.08 Å². The van der Waals surface area contributed by atoms with Crippen LogP contribution in [0.3, 0.4) is 0 Å². The molecule has 2 aromatic carbocycles. The summed E-state index contributed by atoms with van der Waals surface area (Å²) in [7, 11) is 1.41. The Labute approximate surface area is 150 Å². The van der Waals surface area contributed by atoms with Crippen LogP contribution in [-0.4, -0.2) is 32.1 Å². The normalized spacial score (nSPS) is 14.1. The molecule has 0 aliphatic carbocycles. The molecule has 0 radical (unpaired) electrons. The van der Waals surface area contributed by atoms with Gasteiger partial charge in [-0.2, -0.15) is 0 Å². The van der Waals surface area contributed by atoms with E-state index >= 15 is 0 Å². The van der Waals surface area contributed by atoms with E-state index in [1.807, 2.05) is 31.2 Å². The number of hydrogen-bond acceptors (Lipinski definition) is 6. The minimum Gasteiger partial charge on any atom is -0.494 e. The zero-order valence-electron chi connectivity index (χ0n) is 14.5. The van der Waals surface area contributed by atoms with E-state index in [1.54, 1.807) is 18.2 Å². The highest BCUT2D eigenvalue weighted by atomic mass is 16.6. The Morgan fingerprint density at radius 3 is 2.54 bits per heavy atom. The van der Waals surface area contributed by atoms with Gasteiger partial charge in [0, 0.05) is 13.2 Å². The molecular formula is C20H18O6. The van der Waals surface area contributed by atoms with E-state index < -0.39 is 5.97 Å². The van der Waals surface area contributed by atoms with Gasteiger partial charge in [0.25, 0.3) is 0 Å². The van der Waals surface area contributed by atoms with Crippen molar-refractivity contribution in [3.05, 3.63) is 59.4 Å². The van der Waals surface area contributed by atoms with Crippen molar-refractivity contribution in [1.29, 1.82) is 0 Å². The van der Waals surface area contributed by atoms with Crippen LogP contribution in [0, 0.1) is 0 Å². The minimum absolute atomic E-state index is 0.153.